The molecular weight excluding hydrogens is 637 g/mol. The lowest BCUT2D eigenvalue weighted by Gasteiger charge is -2.42. The molecule has 5 heteroatoms. The van der Waals surface area contributed by atoms with Gasteiger partial charge >= 0.3 is 0 Å². The summed E-state index contributed by atoms with van der Waals surface area (Å²) in [5, 5.41) is 2.39. The Morgan fingerprint density at radius 3 is 2.00 bits per heavy atom. The van der Waals surface area contributed by atoms with Gasteiger partial charge in [0.25, 0.3) is 0 Å². The van der Waals surface area contributed by atoms with Gasteiger partial charge in [-0.2, -0.15) is 0 Å². The first-order valence-corrected chi connectivity index (χ1v) is 18.7. The molecule has 0 atom stereocenters. The van der Waals surface area contributed by atoms with Gasteiger partial charge < -0.3 is 13.9 Å². The van der Waals surface area contributed by atoms with Crippen molar-refractivity contribution in [2.45, 2.75) is 103 Å². The van der Waals surface area contributed by atoms with E-state index in [-0.39, 0.29) is 21.7 Å². The summed E-state index contributed by atoms with van der Waals surface area (Å²) >= 11 is 0. The molecule has 0 saturated carbocycles. The van der Waals surface area contributed by atoms with E-state index in [0.717, 1.165) is 53.7 Å². The minimum atomic E-state index is -2.36. The molecule has 0 radical (unpaired) electrons. The maximum absolute atomic E-state index is 8.10. The predicted octanol–water partition coefficient (Wildman–Crippen LogP) is 11.2. The van der Waals surface area contributed by atoms with Gasteiger partial charge in [0.15, 0.2) is 0 Å². The molecule has 0 fully saturated rings. The highest BCUT2D eigenvalue weighted by Gasteiger charge is 2.39. The average molecular weight is 690 g/mol. The van der Waals surface area contributed by atoms with Gasteiger partial charge in [-0.1, -0.05) is 91.8 Å². The highest BCUT2D eigenvalue weighted by atomic mass is 16.5. The van der Waals surface area contributed by atoms with Crippen LogP contribution in [0.25, 0.3) is 44.3 Å². The van der Waals surface area contributed by atoms with Crippen LogP contribution in [0.2, 0.25) is 0 Å². The van der Waals surface area contributed by atoms with Gasteiger partial charge in [0.1, 0.15) is 17.3 Å². The summed E-state index contributed by atoms with van der Waals surface area (Å²) in [7, 11) is 0. The molecule has 3 heterocycles. The van der Waals surface area contributed by atoms with Crippen molar-refractivity contribution in [2.75, 3.05) is 0 Å². The minimum Gasteiger partial charge on any atom is -0.458 e. The van der Waals surface area contributed by atoms with Crippen molar-refractivity contribution in [2.24, 2.45) is 6.98 Å². The van der Waals surface area contributed by atoms with Gasteiger partial charge in [0.2, 0.25) is 6.33 Å². The fourth-order valence-electron chi connectivity index (χ4n) is 9.00. The summed E-state index contributed by atoms with van der Waals surface area (Å²) in [6.45, 7) is 16.6. The summed E-state index contributed by atoms with van der Waals surface area (Å²) in [6, 6.07) is 28.9. The number of ether oxygens (including phenoxy) is 1. The first-order chi connectivity index (χ1) is 25.8. The normalized spacial score (nSPS) is 19.5. The molecule has 0 N–H and O–H groups in total. The number of pyridine rings is 1. The van der Waals surface area contributed by atoms with Crippen LogP contribution in [-0.2, 0) is 28.6 Å². The standard InChI is InChI=1S/C47H50N4O/c1-44(2)19-20-45(3,4)36-26-42-34(25-35(36)44)33-18-17-32(52-31-14-12-13-30(23-31)50-29-49(9)39-15-10-11-16-40(39)50)24-41(33)51(42)43-27-37-38(28-48-43)47(7,8)22-21-46(37,5)6/h10-18,23-28H,19-22H2,1-9H3/i9D3. The number of hydrogen-bond donors (Lipinski definition) is 0. The van der Waals surface area contributed by atoms with Crippen LogP contribution in [0.5, 0.6) is 11.5 Å². The second-order valence-corrected chi connectivity index (χ2v) is 17.9. The van der Waals surface area contributed by atoms with Gasteiger partial charge in [-0.05, 0) is 112 Å². The fourth-order valence-corrected chi connectivity index (χ4v) is 9.00. The van der Waals surface area contributed by atoms with Crippen molar-refractivity contribution < 1.29 is 13.4 Å². The Morgan fingerprint density at radius 2 is 1.27 bits per heavy atom. The zero-order chi connectivity index (χ0) is 38.9. The zero-order valence-electron chi connectivity index (χ0n) is 34.7. The number of rotatable bonds is 4. The third-order valence-corrected chi connectivity index (χ3v) is 12.5. The van der Waals surface area contributed by atoms with Gasteiger partial charge in [0.05, 0.1) is 38.8 Å². The topological polar surface area (TPSA) is 35.9 Å². The van der Waals surface area contributed by atoms with Crippen molar-refractivity contribution in [1.82, 2.24) is 14.1 Å². The SMILES string of the molecule is [2H]C([2H])([2H])[n+]1[c-]n(-c2cccc(Oc3ccc4c5cc6c(cc5n(-c5cc7c(cn5)C(C)(C)CCC7(C)C)c4c3)C(C)(C)CCC6(C)C)c2)c2ccccc21. The minimum absolute atomic E-state index is 0.0387. The Labute approximate surface area is 312 Å². The van der Waals surface area contributed by atoms with Crippen LogP contribution in [0, 0.1) is 6.33 Å². The molecule has 0 bridgehead atoms. The third-order valence-electron chi connectivity index (χ3n) is 12.5. The Balaban J connectivity index is 1.22. The molecule has 0 saturated heterocycles. The van der Waals surface area contributed by atoms with Crippen molar-refractivity contribution in [1.29, 1.82) is 0 Å². The van der Waals surface area contributed by atoms with Crippen LogP contribution in [0.3, 0.4) is 0 Å². The van der Waals surface area contributed by atoms with E-state index in [2.05, 4.69) is 109 Å². The summed E-state index contributed by atoms with van der Waals surface area (Å²) in [5.41, 5.74) is 10.1. The largest absolute Gasteiger partial charge is 0.458 e. The molecule has 0 unspecified atom stereocenters. The fraction of sp³-hybridized carbons (Fsp3) is 0.362. The van der Waals surface area contributed by atoms with Crippen molar-refractivity contribution in [3.63, 3.8) is 0 Å². The molecule has 5 nitrogen and oxygen atoms in total. The Hall–Kier alpha value is -4.90. The van der Waals surface area contributed by atoms with Gasteiger partial charge in [0, 0.05) is 23.0 Å². The van der Waals surface area contributed by atoms with Crippen LogP contribution in [-0.4, -0.2) is 14.1 Å². The van der Waals surface area contributed by atoms with E-state index < -0.39 is 6.98 Å². The maximum Gasteiger partial charge on any atom is 0.244 e. The molecule has 52 heavy (non-hydrogen) atoms. The number of imidazole rings is 1. The lowest BCUT2D eigenvalue weighted by molar-refractivity contribution is -0.649. The lowest BCUT2D eigenvalue weighted by atomic mass is 9.63. The Kier molecular flexibility index (Phi) is 6.30. The first-order valence-electron chi connectivity index (χ1n) is 20.2. The molecule has 264 valence electrons. The molecule has 2 aliphatic rings. The number of aromatic nitrogens is 4. The van der Waals surface area contributed by atoms with E-state index in [1.54, 1.807) is 10.6 Å². The van der Waals surface area contributed by atoms with Crippen LogP contribution in [0.4, 0.5) is 0 Å². The Morgan fingerprint density at radius 1 is 0.635 bits per heavy atom. The van der Waals surface area contributed by atoms with Gasteiger partial charge in [-0.15, -0.1) is 0 Å². The molecule has 3 aromatic heterocycles. The highest BCUT2D eigenvalue weighted by Crippen LogP contribution is 2.50. The van der Waals surface area contributed by atoms with E-state index in [0.29, 0.717) is 17.0 Å². The number of benzene rings is 4. The quantitative estimate of drug-likeness (QED) is 0.136. The second kappa shape index (κ2) is 11.1. The molecule has 9 rings (SSSR count). The summed E-state index contributed by atoms with van der Waals surface area (Å²) in [4.78, 5) is 5.25. The summed E-state index contributed by atoms with van der Waals surface area (Å²) in [5.74, 6) is 2.27. The van der Waals surface area contributed by atoms with Crippen molar-refractivity contribution in [3.8, 4) is 23.0 Å². The summed E-state index contributed by atoms with van der Waals surface area (Å²) in [6.07, 6.45) is 9.77. The van der Waals surface area contributed by atoms with Crippen molar-refractivity contribution in [3.05, 3.63) is 120 Å². The molecular formula is C47H50N4O. The average Bonchev–Trinajstić information content (AvgIpc) is 3.68. The van der Waals surface area contributed by atoms with Crippen LogP contribution in [0.1, 0.15) is 107 Å². The second-order valence-electron chi connectivity index (χ2n) is 17.9. The van der Waals surface area contributed by atoms with Gasteiger partial charge in [-0.25, -0.2) is 4.98 Å². The van der Waals surface area contributed by atoms with E-state index in [1.807, 2.05) is 42.5 Å². The van der Waals surface area contributed by atoms with E-state index in [9.17, 15) is 0 Å². The zero-order valence-corrected chi connectivity index (χ0v) is 31.7. The highest BCUT2D eigenvalue weighted by molar-refractivity contribution is 6.10. The number of aryl methyl sites for hydroxylation is 1. The smallest absolute Gasteiger partial charge is 0.244 e. The van der Waals surface area contributed by atoms with Crippen LogP contribution < -0.4 is 9.30 Å². The maximum atomic E-state index is 8.10. The molecule has 4 aromatic carbocycles. The van der Waals surface area contributed by atoms with E-state index in [4.69, 9.17) is 13.8 Å². The molecule has 0 amide bonds. The van der Waals surface area contributed by atoms with Crippen molar-refractivity contribution >= 4 is 32.8 Å². The number of para-hydroxylation sites is 2. The summed E-state index contributed by atoms with van der Waals surface area (Å²) < 4.78 is 36.3. The predicted molar refractivity (Wildman–Crippen MR) is 213 cm³/mol. The molecule has 2 aliphatic carbocycles. The Bertz CT molecular complexity index is 2690. The molecule has 0 aliphatic heterocycles. The number of nitrogens with zero attached hydrogens (tertiary/aromatic N) is 4. The molecule has 0 spiro atoms. The van der Waals surface area contributed by atoms with Gasteiger partial charge in [-0.3, -0.25) is 4.57 Å². The number of hydrogen-bond acceptors (Lipinski definition) is 2. The van der Waals surface area contributed by atoms with E-state index in [1.165, 1.54) is 37.6 Å². The lowest BCUT2D eigenvalue weighted by Crippen LogP contribution is -2.34. The monoisotopic (exact) mass is 689 g/mol. The number of fused-ring (bicyclic) bond motifs is 6. The van der Waals surface area contributed by atoms with Crippen LogP contribution >= 0.6 is 0 Å². The third kappa shape index (κ3) is 5.03. The van der Waals surface area contributed by atoms with Crippen LogP contribution in [0.15, 0.2) is 91.1 Å². The van der Waals surface area contributed by atoms with E-state index >= 15 is 0 Å². The first kappa shape index (κ1) is 29.7. The molecule has 7 aromatic rings.